The van der Waals surface area contributed by atoms with Crippen LogP contribution in [0.15, 0.2) is 35.1 Å². The van der Waals surface area contributed by atoms with Crippen molar-refractivity contribution in [3.63, 3.8) is 0 Å². The average Bonchev–Trinajstić information content (AvgIpc) is 3.02. The van der Waals surface area contributed by atoms with E-state index in [0.29, 0.717) is 23.0 Å². The third-order valence-corrected chi connectivity index (χ3v) is 5.52. The van der Waals surface area contributed by atoms with Crippen LogP contribution in [0.1, 0.15) is 30.6 Å². The number of morpholine rings is 1. The van der Waals surface area contributed by atoms with Crippen molar-refractivity contribution in [1.29, 1.82) is 0 Å². The smallest absolute Gasteiger partial charge is 0.252 e. The van der Waals surface area contributed by atoms with Gasteiger partial charge in [0.2, 0.25) is 5.56 Å². The number of aromatic nitrogens is 1. The summed E-state index contributed by atoms with van der Waals surface area (Å²) < 4.78 is 5.96. The number of para-hydroxylation sites is 1. The summed E-state index contributed by atoms with van der Waals surface area (Å²) in [6.45, 7) is 6.84. The number of carbonyl (C=O) groups is 1. The SMILES string of the molecule is CC(C)[C@H]1CN2C[C@@H](NC(=O)c3cc(=O)[nH]c4ccccc34)C[C@H]2CO1. The first-order valence-electron chi connectivity index (χ1n) is 9.30. The Labute approximate surface area is 152 Å². The van der Waals surface area contributed by atoms with E-state index in [4.69, 9.17) is 4.74 Å². The molecule has 2 N–H and O–H groups in total. The summed E-state index contributed by atoms with van der Waals surface area (Å²) >= 11 is 0. The van der Waals surface area contributed by atoms with Gasteiger partial charge in [-0.2, -0.15) is 0 Å². The number of amides is 1. The molecule has 138 valence electrons. The number of nitrogens with one attached hydrogen (secondary N) is 2. The van der Waals surface area contributed by atoms with Crippen LogP contribution >= 0.6 is 0 Å². The maximum atomic E-state index is 12.8. The fourth-order valence-electron chi connectivity index (χ4n) is 4.06. The molecule has 0 unspecified atom stereocenters. The van der Waals surface area contributed by atoms with E-state index in [9.17, 15) is 9.59 Å². The molecule has 2 saturated heterocycles. The summed E-state index contributed by atoms with van der Waals surface area (Å²) in [5.41, 5.74) is 0.860. The number of hydrogen-bond donors (Lipinski definition) is 2. The Morgan fingerprint density at radius 2 is 2.12 bits per heavy atom. The van der Waals surface area contributed by atoms with Crippen molar-refractivity contribution in [2.24, 2.45) is 5.92 Å². The number of pyridine rings is 1. The predicted octanol–water partition coefficient (Wildman–Crippen LogP) is 1.76. The van der Waals surface area contributed by atoms with Crippen LogP contribution in [0.25, 0.3) is 10.9 Å². The second kappa shape index (κ2) is 6.85. The molecule has 2 aromatic rings. The van der Waals surface area contributed by atoms with Gasteiger partial charge in [-0.05, 0) is 18.4 Å². The Hall–Kier alpha value is -2.18. The molecular weight excluding hydrogens is 330 g/mol. The minimum absolute atomic E-state index is 0.0834. The summed E-state index contributed by atoms with van der Waals surface area (Å²) in [6.07, 6.45) is 1.15. The molecule has 3 atom stereocenters. The first-order valence-corrected chi connectivity index (χ1v) is 9.30. The highest BCUT2D eigenvalue weighted by atomic mass is 16.5. The molecule has 6 nitrogen and oxygen atoms in total. The quantitative estimate of drug-likeness (QED) is 0.880. The van der Waals surface area contributed by atoms with Crippen LogP contribution in [0.4, 0.5) is 0 Å². The van der Waals surface area contributed by atoms with Crippen molar-refractivity contribution in [3.05, 3.63) is 46.2 Å². The van der Waals surface area contributed by atoms with E-state index in [0.717, 1.165) is 31.5 Å². The molecule has 0 aliphatic carbocycles. The standard InChI is InChI=1S/C20H25N3O3/c1-12(2)18-10-23-9-13(7-14(23)11-26-18)21-20(25)16-8-19(24)22-17-6-4-3-5-15(16)17/h3-6,8,12-14,18H,7,9-11H2,1-2H3,(H,21,25)(H,22,24)/t13-,14-,18+/m0/s1. The molecule has 2 fully saturated rings. The van der Waals surface area contributed by atoms with E-state index in [1.54, 1.807) is 0 Å². The summed E-state index contributed by atoms with van der Waals surface area (Å²) in [5, 5.41) is 3.89. The van der Waals surface area contributed by atoms with Crippen LogP contribution in [0.3, 0.4) is 0 Å². The minimum Gasteiger partial charge on any atom is -0.375 e. The number of nitrogens with zero attached hydrogens (tertiary/aromatic N) is 1. The van der Waals surface area contributed by atoms with Crippen LogP contribution in [0.2, 0.25) is 0 Å². The molecule has 0 bridgehead atoms. The molecule has 0 spiro atoms. The Bertz CT molecular complexity index is 876. The fourth-order valence-corrected chi connectivity index (χ4v) is 4.06. The zero-order valence-electron chi connectivity index (χ0n) is 15.2. The number of aromatic amines is 1. The average molecular weight is 355 g/mol. The lowest BCUT2D eigenvalue weighted by molar-refractivity contribution is -0.0683. The van der Waals surface area contributed by atoms with Crippen LogP contribution in [0, 0.1) is 5.92 Å². The van der Waals surface area contributed by atoms with Gasteiger partial charge in [0.1, 0.15) is 0 Å². The topological polar surface area (TPSA) is 74.4 Å². The van der Waals surface area contributed by atoms with Crippen molar-refractivity contribution < 1.29 is 9.53 Å². The van der Waals surface area contributed by atoms with E-state index < -0.39 is 0 Å². The third-order valence-electron chi connectivity index (χ3n) is 5.52. The van der Waals surface area contributed by atoms with Crippen LogP contribution in [-0.4, -0.2) is 53.7 Å². The predicted molar refractivity (Wildman–Crippen MR) is 100 cm³/mol. The van der Waals surface area contributed by atoms with Crippen molar-refractivity contribution in [2.75, 3.05) is 19.7 Å². The molecular formula is C20H25N3O3. The van der Waals surface area contributed by atoms with Gasteiger partial charge in [-0.1, -0.05) is 32.0 Å². The zero-order valence-corrected chi connectivity index (χ0v) is 15.2. The second-order valence-corrected chi connectivity index (χ2v) is 7.72. The normalized spacial score (nSPS) is 26.2. The van der Waals surface area contributed by atoms with E-state index >= 15 is 0 Å². The second-order valence-electron chi connectivity index (χ2n) is 7.72. The highest BCUT2D eigenvalue weighted by Crippen LogP contribution is 2.26. The molecule has 26 heavy (non-hydrogen) atoms. The molecule has 1 aromatic carbocycles. The Balaban J connectivity index is 1.49. The maximum absolute atomic E-state index is 12.8. The highest BCUT2D eigenvalue weighted by Gasteiger charge is 2.38. The van der Waals surface area contributed by atoms with E-state index in [1.165, 1.54) is 6.07 Å². The lowest BCUT2D eigenvalue weighted by Crippen LogP contribution is -2.48. The van der Waals surface area contributed by atoms with Gasteiger partial charge in [0.05, 0.1) is 18.3 Å². The van der Waals surface area contributed by atoms with Gasteiger partial charge in [0.15, 0.2) is 0 Å². The molecule has 4 rings (SSSR count). The largest absolute Gasteiger partial charge is 0.375 e. The lowest BCUT2D eigenvalue weighted by Gasteiger charge is -2.36. The Kier molecular flexibility index (Phi) is 4.54. The summed E-state index contributed by atoms with van der Waals surface area (Å²) in [7, 11) is 0. The molecule has 2 aliphatic rings. The summed E-state index contributed by atoms with van der Waals surface area (Å²) in [4.78, 5) is 29.9. The van der Waals surface area contributed by atoms with Gasteiger partial charge in [0, 0.05) is 42.1 Å². The summed E-state index contributed by atoms with van der Waals surface area (Å²) in [5.74, 6) is 0.311. The van der Waals surface area contributed by atoms with Gasteiger partial charge < -0.3 is 15.0 Å². The minimum atomic E-state index is -0.258. The number of benzene rings is 1. The number of carbonyl (C=O) groups excluding carboxylic acids is 1. The van der Waals surface area contributed by atoms with Gasteiger partial charge in [-0.25, -0.2) is 0 Å². The number of rotatable bonds is 3. The van der Waals surface area contributed by atoms with Gasteiger partial charge in [-0.3, -0.25) is 14.5 Å². The number of H-pyrrole nitrogens is 1. The van der Waals surface area contributed by atoms with Gasteiger partial charge in [-0.15, -0.1) is 0 Å². The maximum Gasteiger partial charge on any atom is 0.252 e. The summed E-state index contributed by atoms with van der Waals surface area (Å²) in [6, 6.07) is 9.23. The van der Waals surface area contributed by atoms with Gasteiger partial charge >= 0.3 is 0 Å². The van der Waals surface area contributed by atoms with Crippen molar-refractivity contribution in [2.45, 2.75) is 38.5 Å². The molecule has 0 radical (unpaired) electrons. The van der Waals surface area contributed by atoms with E-state index in [2.05, 4.69) is 29.0 Å². The van der Waals surface area contributed by atoms with E-state index in [1.807, 2.05) is 24.3 Å². The van der Waals surface area contributed by atoms with Crippen molar-refractivity contribution in [3.8, 4) is 0 Å². The molecule has 3 heterocycles. The van der Waals surface area contributed by atoms with Crippen molar-refractivity contribution in [1.82, 2.24) is 15.2 Å². The zero-order chi connectivity index (χ0) is 18.3. The lowest BCUT2D eigenvalue weighted by atomic mass is 10.0. The Morgan fingerprint density at radius 1 is 1.31 bits per heavy atom. The van der Waals surface area contributed by atoms with Crippen LogP contribution < -0.4 is 10.9 Å². The number of hydrogen-bond acceptors (Lipinski definition) is 4. The molecule has 1 aromatic heterocycles. The third kappa shape index (κ3) is 3.27. The van der Waals surface area contributed by atoms with Crippen molar-refractivity contribution >= 4 is 16.8 Å². The number of ether oxygens (including phenoxy) is 1. The van der Waals surface area contributed by atoms with Crippen LogP contribution in [0.5, 0.6) is 0 Å². The Morgan fingerprint density at radius 3 is 2.92 bits per heavy atom. The molecule has 2 aliphatic heterocycles. The van der Waals surface area contributed by atoms with Crippen LogP contribution in [-0.2, 0) is 4.74 Å². The molecule has 0 saturated carbocycles. The van der Waals surface area contributed by atoms with Gasteiger partial charge in [0.25, 0.3) is 5.91 Å². The fraction of sp³-hybridized carbons (Fsp3) is 0.500. The monoisotopic (exact) mass is 355 g/mol. The van der Waals surface area contributed by atoms with E-state index in [-0.39, 0.29) is 23.6 Å². The molecule has 1 amide bonds. The highest BCUT2D eigenvalue weighted by molar-refractivity contribution is 6.06. The molecule has 6 heteroatoms. The first kappa shape index (κ1) is 17.2. The first-order chi connectivity index (χ1) is 12.5. The number of fused-ring (bicyclic) bond motifs is 2.